The predicted molar refractivity (Wildman–Crippen MR) is 73.2 cm³/mol. The van der Waals surface area contributed by atoms with Gasteiger partial charge < -0.3 is 14.8 Å². The fraction of sp³-hybridized carbons (Fsp3) is 0.533. The largest absolute Gasteiger partial charge is 0.460 e. The fourth-order valence-electron chi connectivity index (χ4n) is 2.13. The first-order valence-corrected chi connectivity index (χ1v) is 6.88. The van der Waals surface area contributed by atoms with Gasteiger partial charge in [0.2, 0.25) is 0 Å². The zero-order valence-corrected chi connectivity index (χ0v) is 11.4. The Bertz CT molecular complexity index is 431. The second kappa shape index (κ2) is 7.26. The molecular weight excluding hydrogens is 242 g/mol. The lowest BCUT2D eigenvalue weighted by molar-refractivity contribution is 0.0318. The van der Waals surface area contributed by atoms with Gasteiger partial charge in [-0.15, -0.1) is 0 Å². The molecule has 0 unspecified atom stereocenters. The summed E-state index contributed by atoms with van der Waals surface area (Å²) >= 11 is 0. The third kappa shape index (κ3) is 4.04. The molecule has 0 saturated carbocycles. The SMILES string of the molecule is CCCOCCOC(=O)c1ccc2c(c1)CNCC2. The molecule has 0 bridgehead atoms. The highest BCUT2D eigenvalue weighted by molar-refractivity contribution is 5.89. The van der Waals surface area contributed by atoms with Crippen molar-refractivity contribution in [2.75, 3.05) is 26.4 Å². The molecule has 0 aromatic heterocycles. The molecule has 0 radical (unpaired) electrons. The summed E-state index contributed by atoms with van der Waals surface area (Å²) in [6, 6.07) is 5.80. The highest BCUT2D eigenvalue weighted by Crippen LogP contribution is 2.16. The molecule has 1 aromatic rings. The molecule has 0 saturated heterocycles. The summed E-state index contributed by atoms with van der Waals surface area (Å²) in [7, 11) is 0. The number of hydrogen-bond donors (Lipinski definition) is 1. The first kappa shape index (κ1) is 14.0. The summed E-state index contributed by atoms with van der Waals surface area (Å²) in [5.41, 5.74) is 3.14. The van der Waals surface area contributed by atoms with Crippen molar-refractivity contribution in [3.05, 3.63) is 34.9 Å². The standard InChI is InChI=1S/C15H21NO3/c1-2-7-18-8-9-19-15(17)13-4-3-12-5-6-16-11-14(12)10-13/h3-4,10,16H,2,5-9,11H2,1H3. The summed E-state index contributed by atoms with van der Waals surface area (Å²) in [6.07, 6.45) is 2.00. The van der Waals surface area contributed by atoms with Crippen LogP contribution < -0.4 is 5.32 Å². The minimum absolute atomic E-state index is 0.270. The molecule has 1 heterocycles. The number of nitrogens with one attached hydrogen (secondary N) is 1. The van der Waals surface area contributed by atoms with Crippen LogP contribution in [0.3, 0.4) is 0 Å². The van der Waals surface area contributed by atoms with E-state index in [9.17, 15) is 4.79 Å². The van der Waals surface area contributed by atoms with E-state index in [2.05, 4.69) is 5.32 Å². The molecule has 1 N–H and O–H groups in total. The molecule has 0 atom stereocenters. The molecule has 0 aliphatic carbocycles. The molecule has 0 fully saturated rings. The van der Waals surface area contributed by atoms with Gasteiger partial charge in [0.15, 0.2) is 0 Å². The van der Waals surface area contributed by atoms with Crippen molar-refractivity contribution < 1.29 is 14.3 Å². The van der Waals surface area contributed by atoms with Crippen LogP contribution in [-0.2, 0) is 22.4 Å². The van der Waals surface area contributed by atoms with E-state index >= 15 is 0 Å². The monoisotopic (exact) mass is 263 g/mol. The van der Waals surface area contributed by atoms with Gasteiger partial charge in [-0.3, -0.25) is 0 Å². The third-order valence-corrected chi connectivity index (χ3v) is 3.14. The van der Waals surface area contributed by atoms with E-state index in [1.165, 1.54) is 11.1 Å². The van der Waals surface area contributed by atoms with Crippen molar-refractivity contribution in [3.63, 3.8) is 0 Å². The van der Waals surface area contributed by atoms with Crippen molar-refractivity contribution >= 4 is 5.97 Å². The third-order valence-electron chi connectivity index (χ3n) is 3.14. The van der Waals surface area contributed by atoms with Gasteiger partial charge in [-0.2, -0.15) is 0 Å². The van der Waals surface area contributed by atoms with E-state index in [4.69, 9.17) is 9.47 Å². The van der Waals surface area contributed by atoms with Crippen LogP contribution in [-0.4, -0.2) is 32.3 Å². The maximum atomic E-state index is 11.9. The average Bonchev–Trinajstić information content (AvgIpc) is 2.46. The quantitative estimate of drug-likeness (QED) is 0.629. The lowest BCUT2D eigenvalue weighted by atomic mass is 9.99. The summed E-state index contributed by atoms with van der Waals surface area (Å²) in [4.78, 5) is 11.9. The predicted octanol–water partition coefficient (Wildman–Crippen LogP) is 1.92. The Labute approximate surface area is 114 Å². The Balaban J connectivity index is 1.85. The highest BCUT2D eigenvalue weighted by Gasteiger charge is 2.13. The van der Waals surface area contributed by atoms with Gasteiger partial charge in [0.05, 0.1) is 12.2 Å². The molecule has 1 aromatic carbocycles. The molecule has 2 rings (SSSR count). The number of benzene rings is 1. The first-order valence-electron chi connectivity index (χ1n) is 6.88. The van der Waals surface area contributed by atoms with E-state index in [0.29, 0.717) is 25.4 Å². The van der Waals surface area contributed by atoms with Crippen LogP contribution in [0.1, 0.15) is 34.8 Å². The van der Waals surface area contributed by atoms with E-state index in [1.54, 1.807) is 0 Å². The van der Waals surface area contributed by atoms with Crippen molar-refractivity contribution in [1.82, 2.24) is 5.32 Å². The number of fused-ring (bicyclic) bond motifs is 1. The van der Waals surface area contributed by atoms with Crippen LogP contribution in [0.4, 0.5) is 0 Å². The zero-order valence-electron chi connectivity index (χ0n) is 11.4. The Morgan fingerprint density at radius 3 is 3.00 bits per heavy atom. The van der Waals surface area contributed by atoms with Crippen LogP contribution in [0.5, 0.6) is 0 Å². The summed E-state index contributed by atoms with van der Waals surface area (Å²) in [5.74, 6) is -0.270. The number of carbonyl (C=O) groups excluding carboxylic acids is 1. The molecule has 0 amide bonds. The first-order chi connectivity index (χ1) is 9.31. The molecule has 4 heteroatoms. The van der Waals surface area contributed by atoms with E-state index in [0.717, 1.165) is 25.9 Å². The Hall–Kier alpha value is -1.39. The van der Waals surface area contributed by atoms with Gasteiger partial charge in [0, 0.05) is 13.2 Å². The number of esters is 1. The summed E-state index contributed by atoms with van der Waals surface area (Å²) in [6.45, 7) is 5.37. The summed E-state index contributed by atoms with van der Waals surface area (Å²) < 4.78 is 10.5. The van der Waals surface area contributed by atoms with Crippen molar-refractivity contribution in [1.29, 1.82) is 0 Å². The molecular formula is C15H21NO3. The number of rotatable bonds is 6. The number of carbonyl (C=O) groups is 1. The molecule has 1 aliphatic rings. The lowest BCUT2D eigenvalue weighted by Crippen LogP contribution is -2.24. The lowest BCUT2D eigenvalue weighted by Gasteiger charge is -2.17. The average molecular weight is 263 g/mol. The molecule has 1 aliphatic heterocycles. The second-order valence-electron chi connectivity index (χ2n) is 4.66. The van der Waals surface area contributed by atoms with Crippen LogP contribution in [0, 0.1) is 0 Å². The normalized spacial score (nSPS) is 13.9. The van der Waals surface area contributed by atoms with Crippen molar-refractivity contribution in [3.8, 4) is 0 Å². The van der Waals surface area contributed by atoms with E-state index in [-0.39, 0.29) is 5.97 Å². The van der Waals surface area contributed by atoms with Crippen LogP contribution in [0.2, 0.25) is 0 Å². The minimum Gasteiger partial charge on any atom is -0.460 e. The van der Waals surface area contributed by atoms with Gasteiger partial charge in [-0.1, -0.05) is 13.0 Å². The maximum Gasteiger partial charge on any atom is 0.338 e. The smallest absolute Gasteiger partial charge is 0.338 e. The Kier molecular flexibility index (Phi) is 5.36. The van der Waals surface area contributed by atoms with Gasteiger partial charge in [-0.25, -0.2) is 4.79 Å². The Morgan fingerprint density at radius 2 is 2.16 bits per heavy atom. The van der Waals surface area contributed by atoms with Crippen molar-refractivity contribution in [2.45, 2.75) is 26.3 Å². The fourth-order valence-corrected chi connectivity index (χ4v) is 2.13. The van der Waals surface area contributed by atoms with Crippen molar-refractivity contribution in [2.24, 2.45) is 0 Å². The van der Waals surface area contributed by atoms with E-state index < -0.39 is 0 Å². The molecule has 4 nitrogen and oxygen atoms in total. The van der Waals surface area contributed by atoms with Gasteiger partial charge in [0.25, 0.3) is 0 Å². The summed E-state index contributed by atoms with van der Waals surface area (Å²) in [5, 5.41) is 3.30. The van der Waals surface area contributed by atoms with Gasteiger partial charge in [0.1, 0.15) is 6.61 Å². The number of hydrogen-bond acceptors (Lipinski definition) is 4. The Morgan fingerprint density at radius 1 is 1.26 bits per heavy atom. The molecule has 19 heavy (non-hydrogen) atoms. The van der Waals surface area contributed by atoms with E-state index in [1.807, 2.05) is 25.1 Å². The van der Waals surface area contributed by atoms with Gasteiger partial charge in [-0.05, 0) is 42.6 Å². The molecule has 0 spiro atoms. The van der Waals surface area contributed by atoms with Crippen LogP contribution in [0.25, 0.3) is 0 Å². The highest BCUT2D eigenvalue weighted by atomic mass is 16.6. The minimum atomic E-state index is -0.270. The zero-order chi connectivity index (χ0) is 13.5. The topological polar surface area (TPSA) is 47.6 Å². The van der Waals surface area contributed by atoms with Gasteiger partial charge >= 0.3 is 5.97 Å². The number of ether oxygens (including phenoxy) is 2. The van der Waals surface area contributed by atoms with Crippen LogP contribution >= 0.6 is 0 Å². The van der Waals surface area contributed by atoms with Crippen LogP contribution in [0.15, 0.2) is 18.2 Å². The second-order valence-corrected chi connectivity index (χ2v) is 4.66. The molecule has 104 valence electrons. The maximum absolute atomic E-state index is 11.9.